The first kappa shape index (κ1) is 10.6. The number of nitrogens with zero attached hydrogens (tertiary/aromatic N) is 2. The van der Waals surface area contributed by atoms with Crippen LogP contribution in [0.5, 0.6) is 0 Å². The van der Waals surface area contributed by atoms with Gasteiger partial charge in [0.2, 0.25) is 0 Å². The van der Waals surface area contributed by atoms with Gasteiger partial charge in [-0.2, -0.15) is 0 Å². The molecule has 0 saturated heterocycles. The van der Waals surface area contributed by atoms with Crippen LogP contribution in [0.15, 0.2) is 18.3 Å². The number of hydrogen-bond donors (Lipinski definition) is 2. The summed E-state index contributed by atoms with van der Waals surface area (Å²) in [5.41, 5.74) is 6.35. The van der Waals surface area contributed by atoms with E-state index in [-0.39, 0.29) is 18.5 Å². The number of nitro groups is 1. The first-order valence-corrected chi connectivity index (χ1v) is 4.12. The van der Waals surface area contributed by atoms with Gasteiger partial charge in [0.05, 0.1) is 0 Å². The monoisotopic (exact) mass is 197 g/mol. The summed E-state index contributed by atoms with van der Waals surface area (Å²) in [5.74, 6) is -0.204. The molecule has 0 aromatic carbocycles. The van der Waals surface area contributed by atoms with E-state index in [1.165, 1.54) is 12.3 Å². The Morgan fingerprint density at radius 1 is 1.64 bits per heavy atom. The van der Waals surface area contributed by atoms with E-state index in [1.807, 2.05) is 0 Å². The molecule has 0 radical (unpaired) electrons. The maximum atomic E-state index is 10.3. The second-order valence-corrected chi connectivity index (χ2v) is 2.83. The summed E-state index contributed by atoms with van der Waals surface area (Å²) < 4.78 is 0. The van der Waals surface area contributed by atoms with E-state index in [0.717, 1.165) is 0 Å². The molecule has 6 nitrogen and oxygen atoms in total. The van der Waals surface area contributed by atoms with Crippen LogP contribution in [-0.2, 0) is 0 Å². The zero-order valence-electron chi connectivity index (χ0n) is 7.46. The summed E-state index contributed by atoms with van der Waals surface area (Å²) in [4.78, 5) is 13.3. The van der Waals surface area contributed by atoms with Gasteiger partial charge in [-0.15, -0.1) is 0 Å². The molecule has 1 atom stereocenters. The molecule has 76 valence electrons. The van der Waals surface area contributed by atoms with Crippen molar-refractivity contribution >= 4 is 5.82 Å². The molecule has 3 N–H and O–H groups in total. The van der Waals surface area contributed by atoms with Gasteiger partial charge in [-0.25, -0.2) is 0 Å². The minimum Gasteiger partial charge on any atom is -0.396 e. The van der Waals surface area contributed by atoms with E-state index >= 15 is 0 Å². The molecule has 0 aliphatic rings. The maximum Gasteiger partial charge on any atom is 0.363 e. The van der Waals surface area contributed by atoms with Crippen molar-refractivity contribution in [3.63, 3.8) is 0 Å². The van der Waals surface area contributed by atoms with Crippen LogP contribution in [0.2, 0.25) is 0 Å². The Bertz CT molecular complexity index is 312. The van der Waals surface area contributed by atoms with Gasteiger partial charge in [-0.3, -0.25) is 0 Å². The van der Waals surface area contributed by atoms with Crippen molar-refractivity contribution < 1.29 is 10.0 Å². The van der Waals surface area contributed by atoms with Crippen LogP contribution in [-0.4, -0.2) is 21.6 Å². The van der Waals surface area contributed by atoms with E-state index in [1.54, 1.807) is 6.07 Å². The molecule has 0 amide bonds. The number of aliphatic hydroxyl groups excluding tert-OH is 1. The van der Waals surface area contributed by atoms with Gasteiger partial charge in [0.1, 0.15) is 6.20 Å². The molecule has 1 aromatic rings. The molecule has 14 heavy (non-hydrogen) atoms. The van der Waals surface area contributed by atoms with Crippen molar-refractivity contribution in [3.8, 4) is 0 Å². The van der Waals surface area contributed by atoms with Gasteiger partial charge in [0.25, 0.3) is 0 Å². The first-order valence-electron chi connectivity index (χ1n) is 4.12. The van der Waals surface area contributed by atoms with Crippen LogP contribution in [0, 0.1) is 10.1 Å². The smallest absolute Gasteiger partial charge is 0.363 e. The summed E-state index contributed by atoms with van der Waals surface area (Å²) >= 11 is 0. The van der Waals surface area contributed by atoms with E-state index in [9.17, 15) is 10.1 Å². The summed E-state index contributed by atoms with van der Waals surface area (Å²) in [5, 5.41) is 18.9. The lowest BCUT2D eigenvalue weighted by Crippen LogP contribution is -2.12. The Morgan fingerprint density at radius 2 is 2.36 bits per heavy atom. The van der Waals surface area contributed by atoms with Crippen LogP contribution in [0.3, 0.4) is 0 Å². The number of aromatic nitrogens is 1. The molecule has 0 aliphatic heterocycles. The highest BCUT2D eigenvalue weighted by atomic mass is 16.6. The zero-order chi connectivity index (χ0) is 10.6. The van der Waals surface area contributed by atoms with E-state index in [0.29, 0.717) is 12.0 Å². The Hall–Kier alpha value is -1.53. The van der Waals surface area contributed by atoms with Crippen LogP contribution in [0.4, 0.5) is 5.82 Å². The van der Waals surface area contributed by atoms with Gasteiger partial charge < -0.3 is 21.0 Å². The zero-order valence-corrected chi connectivity index (χ0v) is 7.46. The minimum absolute atomic E-state index is 0.0157. The molecule has 0 saturated carbocycles. The highest BCUT2D eigenvalue weighted by Crippen LogP contribution is 2.14. The third-order valence-electron chi connectivity index (χ3n) is 1.83. The van der Waals surface area contributed by atoms with Crippen molar-refractivity contribution in [1.82, 2.24) is 4.98 Å². The van der Waals surface area contributed by atoms with Gasteiger partial charge in [0.15, 0.2) is 0 Å². The molecule has 1 unspecified atom stereocenters. The van der Waals surface area contributed by atoms with Crippen molar-refractivity contribution in [2.24, 2.45) is 5.73 Å². The summed E-state index contributed by atoms with van der Waals surface area (Å²) in [6.45, 7) is -0.0157. The molecule has 0 fully saturated rings. The summed E-state index contributed by atoms with van der Waals surface area (Å²) in [6.07, 6.45) is 1.78. The van der Waals surface area contributed by atoms with Gasteiger partial charge >= 0.3 is 5.82 Å². The van der Waals surface area contributed by atoms with Gasteiger partial charge in [0, 0.05) is 24.3 Å². The van der Waals surface area contributed by atoms with Crippen molar-refractivity contribution in [2.45, 2.75) is 12.5 Å². The number of aliphatic hydroxyl groups is 1. The number of rotatable bonds is 4. The van der Waals surface area contributed by atoms with Crippen molar-refractivity contribution in [3.05, 3.63) is 34.0 Å². The topological polar surface area (TPSA) is 102 Å². The molecule has 1 rings (SSSR count). The van der Waals surface area contributed by atoms with Crippen LogP contribution in [0.25, 0.3) is 0 Å². The number of pyridine rings is 1. The molecule has 0 bridgehead atoms. The van der Waals surface area contributed by atoms with E-state index in [4.69, 9.17) is 10.8 Å². The molecular weight excluding hydrogens is 186 g/mol. The average Bonchev–Trinajstić information content (AvgIpc) is 2.18. The Balaban J connectivity index is 2.77. The minimum atomic E-state index is -0.568. The van der Waals surface area contributed by atoms with Crippen LogP contribution >= 0.6 is 0 Å². The highest BCUT2D eigenvalue weighted by molar-refractivity contribution is 5.24. The SMILES string of the molecule is NC(CCO)c1ccc([N+](=O)[O-])nc1. The van der Waals surface area contributed by atoms with E-state index < -0.39 is 4.92 Å². The second kappa shape index (κ2) is 4.64. The molecule has 1 heterocycles. The fraction of sp³-hybridized carbons (Fsp3) is 0.375. The molecule has 1 aromatic heterocycles. The third-order valence-corrected chi connectivity index (χ3v) is 1.83. The summed E-state index contributed by atoms with van der Waals surface area (Å²) in [6, 6.07) is 2.52. The lowest BCUT2D eigenvalue weighted by molar-refractivity contribution is -0.389. The van der Waals surface area contributed by atoms with Crippen molar-refractivity contribution in [2.75, 3.05) is 6.61 Å². The Labute approximate surface area is 80.5 Å². The fourth-order valence-corrected chi connectivity index (χ4v) is 1.03. The summed E-state index contributed by atoms with van der Waals surface area (Å²) in [7, 11) is 0. The predicted octanol–water partition coefficient (Wildman–Crippen LogP) is 0.372. The Morgan fingerprint density at radius 3 is 2.79 bits per heavy atom. The molecule has 0 aliphatic carbocycles. The third kappa shape index (κ3) is 2.48. The highest BCUT2D eigenvalue weighted by Gasteiger charge is 2.10. The lowest BCUT2D eigenvalue weighted by Gasteiger charge is -2.07. The maximum absolute atomic E-state index is 10.3. The second-order valence-electron chi connectivity index (χ2n) is 2.83. The molecule has 6 heteroatoms. The molecular formula is C8H11N3O3. The quantitative estimate of drug-likeness (QED) is 0.536. The normalized spacial score (nSPS) is 12.4. The van der Waals surface area contributed by atoms with Crippen LogP contribution in [0.1, 0.15) is 18.0 Å². The standard InChI is InChI=1S/C8H11N3O3/c9-7(3-4-12)6-1-2-8(10-5-6)11(13)14/h1-2,5,7,12H,3-4,9H2. The Kier molecular flexibility index (Phi) is 3.49. The average molecular weight is 197 g/mol. The van der Waals surface area contributed by atoms with E-state index in [2.05, 4.69) is 4.98 Å². The largest absolute Gasteiger partial charge is 0.396 e. The van der Waals surface area contributed by atoms with Gasteiger partial charge in [-0.1, -0.05) is 0 Å². The molecule has 0 spiro atoms. The van der Waals surface area contributed by atoms with Crippen LogP contribution < -0.4 is 5.73 Å². The van der Waals surface area contributed by atoms with Gasteiger partial charge in [-0.05, 0) is 22.4 Å². The first-order chi connectivity index (χ1) is 6.65. The number of nitrogens with two attached hydrogens (primary N) is 1. The number of hydrogen-bond acceptors (Lipinski definition) is 5. The fourth-order valence-electron chi connectivity index (χ4n) is 1.03. The predicted molar refractivity (Wildman–Crippen MR) is 49.5 cm³/mol. The lowest BCUT2D eigenvalue weighted by atomic mass is 10.1. The van der Waals surface area contributed by atoms with Crippen molar-refractivity contribution in [1.29, 1.82) is 0 Å².